The summed E-state index contributed by atoms with van der Waals surface area (Å²) in [6, 6.07) is 13.2. The van der Waals surface area contributed by atoms with Crippen molar-refractivity contribution in [2.75, 3.05) is 5.73 Å². The maximum absolute atomic E-state index is 13.4. The Hall–Kier alpha value is -3.20. The van der Waals surface area contributed by atoms with E-state index in [2.05, 4.69) is 10.1 Å². The summed E-state index contributed by atoms with van der Waals surface area (Å²) < 4.78 is 14.7. The molecule has 0 aliphatic rings. The van der Waals surface area contributed by atoms with Crippen LogP contribution in [0.4, 0.5) is 10.2 Å². The summed E-state index contributed by atoms with van der Waals surface area (Å²) >= 11 is 0. The summed E-state index contributed by atoms with van der Waals surface area (Å²) in [6.07, 6.45) is 1.60. The second-order valence-electron chi connectivity index (χ2n) is 4.33. The highest BCUT2D eigenvalue weighted by Gasteiger charge is 2.18. The minimum atomic E-state index is -0.401. The van der Waals surface area contributed by atoms with Gasteiger partial charge in [-0.25, -0.2) is 9.37 Å². The van der Waals surface area contributed by atoms with Gasteiger partial charge < -0.3 is 5.73 Å². The molecule has 0 saturated carbocycles. The van der Waals surface area contributed by atoms with E-state index in [4.69, 9.17) is 5.73 Å². The molecule has 102 valence electrons. The lowest BCUT2D eigenvalue weighted by Crippen LogP contribution is -2.03. The highest BCUT2D eigenvalue weighted by molar-refractivity contribution is 5.73. The van der Waals surface area contributed by atoms with Crippen molar-refractivity contribution in [2.45, 2.75) is 0 Å². The first-order valence-corrected chi connectivity index (χ1v) is 6.16. The van der Waals surface area contributed by atoms with Gasteiger partial charge >= 0.3 is 0 Å². The average molecular weight is 279 g/mol. The summed E-state index contributed by atoms with van der Waals surface area (Å²) in [5.41, 5.74) is 6.99. The molecule has 0 spiro atoms. The number of hydrogen-bond donors (Lipinski definition) is 1. The van der Waals surface area contributed by atoms with Gasteiger partial charge in [0.25, 0.3) is 0 Å². The fraction of sp³-hybridized carbons (Fsp3) is 0. The van der Waals surface area contributed by atoms with Crippen LogP contribution in [0.25, 0.3) is 17.1 Å². The Balaban J connectivity index is 2.22. The molecular weight excluding hydrogens is 269 g/mol. The lowest BCUT2D eigenvalue weighted by Gasteiger charge is -2.01. The maximum Gasteiger partial charge on any atom is 0.155 e. The molecule has 0 atom stereocenters. The number of hydrogen-bond acceptors (Lipinski definition) is 4. The van der Waals surface area contributed by atoms with Gasteiger partial charge in [-0.2, -0.15) is 15.0 Å². The fourth-order valence-corrected chi connectivity index (χ4v) is 2.03. The number of nitrogens with two attached hydrogens (primary N) is 1. The van der Waals surface area contributed by atoms with Gasteiger partial charge in [0.15, 0.2) is 5.82 Å². The zero-order chi connectivity index (χ0) is 14.8. The van der Waals surface area contributed by atoms with Crippen molar-refractivity contribution in [3.8, 4) is 23.1 Å². The molecule has 3 aromatic rings. The molecular formula is C15H10FN5. The molecule has 1 aromatic carbocycles. The number of nitriles is 1. The molecule has 3 rings (SSSR count). The zero-order valence-electron chi connectivity index (χ0n) is 10.9. The Labute approximate surface area is 120 Å². The lowest BCUT2D eigenvalue weighted by atomic mass is 10.1. The topological polar surface area (TPSA) is 80.5 Å². The fourth-order valence-electron chi connectivity index (χ4n) is 2.03. The summed E-state index contributed by atoms with van der Waals surface area (Å²) in [5.74, 6) is 0.270. The van der Waals surface area contributed by atoms with Crippen molar-refractivity contribution in [3.63, 3.8) is 0 Å². The first-order chi connectivity index (χ1) is 10.2. The number of nitrogens with zero attached hydrogens (tertiary/aromatic N) is 4. The monoisotopic (exact) mass is 279 g/mol. The molecule has 5 nitrogen and oxygen atoms in total. The van der Waals surface area contributed by atoms with E-state index in [-0.39, 0.29) is 11.4 Å². The van der Waals surface area contributed by atoms with Gasteiger partial charge in [-0.05, 0) is 24.3 Å². The van der Waals surface area contributed by atoms with Crippen molar-refractivity contribution < 1.29 is 4.39 Å². The van der Waals surface area contributed by atoms with Crippen molar-refractivity contribution in [3.05, 3.63) is 60.0 Å². The Morgan fingerprint density at radius 3 is 2.71 bits per heavy atom. The molecule has 0 radical (unpaired) electrons. The number of benzene rings is 1. The van der Waals surface area contributed by atoms with Crippen molar-refractivity contribution >= 4 is 5.82 Å². The predicted octanol–water partition coefficient (Wildman–Crippen LogP) is 2.53. The van der Waals surface area contributed by atoms with Crippen LogP contribution < -0.4 is 5.73 Å². The molecule has 21 heavy (non-hydrogen) atoms. The molecule has 0 bridgehead atoms. The lowest BCUT2D eigenvalue weighted by molar-refractivity contribution is 0.628. The van der Waals surface area contributed by atoms with Crippen molar-refractivity contribution in [2.24, 2.45) is 0 Å². The Morgan fingerprint density at radius 1 is 1.19 bits per heavy atom. The SMILES string of the molecule is N#Cc1c(-c2cccc(F)c2)nn(-c2ccccn2)c1N. The van der Waals surface area contributed by atoms with Crippen LogP contribution >= 0.6 is 0 Å². The van der Waals surface area contributed by atoms with E-state index in [1.807, 2.05) is 6.07 Å². The van der Waals surface area contributed by atoms with Crippen LogP contribution in [-0.4, -0.2) is 14.8 Å². The smallest absolute Gasteiger partial charge is 0.155 e. The minimum absolute atomic E-state index is 0.176. The molecule has 0 aliphatic heterocycles. The van der Waals surface area contributed by atoms with Gasteiger partial charge in [0, 0.05) is 11.8 Å². The first-order valence-electron chi connectivity index (χ1n) is 6.16. The van der Waals surface area contributed by atoms with E-state index < -0.39 is 5.82 Å². The van der Waals surface area contributed by atoms with Gasteiger partial charge in [-0.15, -0.1) is 0 Å². The van der Waals surface area contributed by atoms with Crippen LogP contribution in [-0.2, 0) is 0 Å². The normalized spacial score (nSPS) is 10.3. The molecule has 2 heterocycles. The van der Waals surface area contributed by atoms with Crippen LogP contribution in [0.2, 0.25) is 0 Å². The van der Waals surface area contributed by atoms with Crippen LogP contribution in [0.5, 0.6) is 0 Å². The summed E-state index contributed by atoms with van der Waals surface area (Å²) in [6.45, 7) is 0. The van der Waals surface area contributed by atoms with E-state index in [9.17, 15) is 9.65 Å². The Kier molecular flexibility index (Phi) is 3.09. The minimum Gasteiger partial charge on any atom is -0.382 e. The van der Waals surface area contributed by atoms with E-state index in [1.54, 1.807) is 36.5 Å². The zero-order valence-corrected chi connectivity index (χ0v) is 10.9. The molecule has 2 aromatic heterocycles. The number of halogens is 1. The summed E-state index contributed by atoms with van der Waals surface area (Å²) in [4.78, 5) is 4.15. The van der Waals surface area contributed by atoms with Gasteiger partial charge in [-0.1, -0.05) is 18.2 Å². The summed E-state index contributed by atoms with van der Waals surface area (Å²) in [7, 11) is 0. The van der Waals surface area contributed by atoms with E-state index >= 15 is 0 Å². The molecule has 0 aliphatic carbocycles. The molecule has 0 saturated heterocycles. The van der Waals surface area contributed by atoms with Crippen molar-refractivity contribution in [1.29, 1.82) is 5.26 Å². The highest BCUT2D eigenvalue weighted by atomic mass is 19.1. The standard InChI is InChI=1S/C15H10FN5/c16-11-5-3-4-10(8-11)14-12(9-17)15(18)21(20-14)13-6-1-2-7-19-13/h1-8H,18H2. The van der Waals surface area contributed by atoms with Crippen LogP contribution in [0, 0.1) is 17.1 Å². The van der Waals surface area contributed by atoms with Crippen molar-refractivity contribution in [1.82, 2.24) is 14.8 Å². The van der Waals surface area contributed by atoms with E-state index in [0.29, 0.717) is 17.1 Å². The second-order valence-corrected chi connectivity index (χ2v) is 4.33. The molecule has 0 amide bonds. The number of aromatic nitrogens is 3. The summed E-state index contributed by atoms with van der Waals surface area (Å²) in [5, 5.41) is 13.6. The second kappa shape index (κ2) is 5.06. The molecule has 0 fully saturated rings. The predicted molar refractivity (Wildman–Crippen MR) is 75.9 cm³/mol. The highest BCUT2D eigenvalue weighted by Crippen LogP contribution is 2.28. The van der Waals surface area contributed by atoms with Crippen LogP contribution in [0.15, 0.2) is 48.7 Å². The average Bonchev–Trinajstić information content (AvgIpc) is 2.85. The molecule has 6 heteroatoms. The number of anilines is 1. The Bertz CT molecular complexity index is 833. The largest absolute Gasteiger partial charge is 0.382 e. The third-order valence-corrected chi connectivity index (χ3v) is 3.00. The third kappa shape index (κ3) is 2.21. The molecule has 0 unspecified atom stereocenters. The quantitative estimate of drug-likeness (QED) is 0.781. The third-order valence-electron chi connectivity index (χ3n) is 3.00. The van der Waals surface area contributed by atoms with Gasteiger partial charge in [0.1, 0.15) is 29.0 Å². The van der Waals surface area contributed by atoms with Crippen LogP contribution in [0.3, 0.4) is 0 Å². The van der Waals surface area contributed by atoms with E-state index in [0.717, 1.165) is 0 Å². The molecule has 2 N–H and O–H groups in total. The first kappa shape index (κ1) is 12.8. The number of nitrogen functional groups attached to an aromatic ring is 1. The van der Waals surface area contributed by atoms with Gasteiger partial charge in [0.05, 0.1) is 0 Å². The number of pyridine rings is 1. The maximum atomic E-state index is 13.4. The van der Waals surface area contributed by atoms with Gasteiger partial charge in [-0.3, -0.25) is 0 Å². The van der Waals surface area contributed by atoms with Gasteiger partial charge in [0.2, 0.25) is 0 Å². The number of rotatable bonds is 2. The van der Waals surface area contributed by atoms with Crippen LogP contribution in [0.1, 0.15) is 5.56 Å². The van der Waals surface area contributed by atoms with E-state index in [1.165, 1.54) is 16.8 Å². The Morgan fingerprint density at radius 2 is 2.05 bits per heavy atom.